The lowest BCUT2D eigenvalue weighted by Gasteiger charge is -2.08. The van der Waals surface area contributed by atoms with Crippen LogP contribution in [-0.2, 0) is 4.79 Å². The van der Waals surface area contributed by atoms with Crippen molar-refractivity contribution in [3.8, 4) is 0 Å². The molecule has 0 aromatic heterocycles. The molecule has 0 fully saturated rings. The summed E-state index contributed by atoms with van der Waals surface area (Å²) in [6.07, 6.45) is 1.71. The summed E-state index contributed by atoms with van der Waals surface area (Å²) in [5.74, 6) is -0.371. The number of aliphatic carboxylic acids is 1. The molecular formula is C14H18O2. The van der Waals surface area contributed by atoms with Gasteiger partial charge in [0.2, 0.25) is 0 Å². The van der Waals surface area contributed by atoms with Crippen LogP contribution in [-0.4, -0.2) is 11.1 Å². The van der Waals surface area contributed by atoms with Crippen LogP contribution in [0.4, 0.5) is 0 Å². The van der Waals surface area contributed by atoms with Gasteiger partial charge in [-0.2, -0.15) is 0 Å². The molecule has 0 saturated heterocycles. The number of benzene rings is 1. The number of carboxylic acids is 1. The fraction of sp³-hybridized carbons (Fsp3) is 0.357. The summed E-state index contributed by atoms with van der Waals surface area (Å²) in [4.78, 5) is 10.7. The molecule has 1 aromatic rings. The molecule has 0 unspecified atom stereocenters. The van der Waals surface area contributed by atoms with E-state index >= 15 is 0 Å². The zero-order valence-corrected chi connectivity index (χ0v) is 10.2. The summed E-state index contributed by atoms with van der Waals surface area (Å²) in [7, 11) is 0. The highest BCUT2D eigenvalue weighted by atomic mass is 16.4. The van der Waals surface area contributed by atoms with Gasteiger partial charge in [0, 0.05) is 5.57 Å². The molecule has 0 heterocycles. The number of carboxylic acid groups (broad SMARTS) is 1. The summed E-state index contributed by atoms with van der Waals surface area (Å²) >= 11 is 0. The fourth-order valence-corrected chi connectivity index (χ4v) is 1.51. The van der Waals surface area contributed by atoms with Gasteiger partial charge in [0.15, 0.2) is 0 Å². The van der Waals surface area contributed by atoms with E-state index in [0.717, 1.165) is 11.1 Å². The van der Waals surface area contributed by atoms with Crippen molar-refractivity contribution in [1.82, 2.24) is 0 Å². The Hall–Kier alpha value is -1.57. The third-order valence-electron chi connectivity index (χ3n) is 2.67. The standard InChI is InChI=1S/C14H18O2/c1-9(2)12-5-6-13(10(3)7-12)8-11(4)14(15)16/h5-9H,1-4H3,(H,15,16)/b11-8+. The highest BCUT2D eigenvalue weighted by Crippen LogP contribution is 2.20. The maximum Gasteiger partial charge on any atom is 0.331 e. The first-order valence-electron chi connectivity index (χ1n) is 5.44. The molecule has 1 N–H and O–H groups in total. The van der Waals surface area contributed by atoms with Crippen molar-refractivity contribution in [1.29, 1.82) is 0 Å². The Labute approximate surface area is 96.6 Å². The van der Waals surface area contributed by atoms with Crippen molar-refractivity contribution >= 4 is 12.0 Å². The molecule has 1 aromatic carbocycles. The van der Waals surface area contributed by atoms with Crippen LogP contribution in [0.5, 0.6) is 0 Å². The molecule has 2 nitrogen and oxygen atoms in total. The Balaban J connectivity index is 3.09. The van der Waals surface area contributed by atoms with E-state index in [4.69, 9.17) is 5.11 Å². The smallest absolute Gasteiger partial charge is 0.331 e. The van der Waals surface area contributed by atoms with Crippen LogP contribution in [0.15, 0.2) is 23.8 Å². The molecule has 0 bridgehead atoms. The minimum absolute atomic E-state index is 0.361. The summed E-state index contributed by atoms with van der Waals surface area (Å²) in [6.45, 7) is 7.91. The maximum absolute atomic E-state index is 10.7. The van der Waals surface area contributed by atoms with Crippen LogP contribution in [0.2, 0.25) is 0 Å². The number of carbonyl (C=O) groups is 1. The van der Waals surface area contributed by atoms with Gasteiger partial charge in [0.1, 0.15) is 0 Å². The molecule has 16 heavy (non-hydrogen) atoms. The Morgan fingerprint density at radius 2 is 2.00 bits per heavy atom. The normalized spacial score (nSPS) is 11.9. The van der Waals surface area contributed by atoms with Crippen molar-refractivity contribution in [3.63, 3.8) is 0 Å². The Bertz CT molecular complexity index is 428. The van der Waals surface area contributed by atoms with E-state index in [1.54, 1.807) is 13.0 Å². The van der Waals surface area contributed by atoms with E-state index in [9.17, 15) is 4.79 Å². The van der Waals surface area contributed by atoms with E-state index in [1.807, 2.05) is 13.0 Å². The van der Waals surface area contributed by atoms with Gasteiger partial charge in [-0.3, -0.25) is 0 Å². The molecular weight excluding hydrogens is 200 g/mol. The molecule has 0 amide bonds. The summed E-state index contributed by atoms with van der Waals surface area (Å²) < 4.78 is 0. The topological polar surface area (TPSA) is 37.3 Å². The van der Waals surface area contributed by atoms with Gasteiger partial charge in [-0.15, -0.1) is 0 Å². The average molecular weight is 218 g/mol. The Kier molecular flexibility index (Phi) is 3.88. The van der Waals surface area contributed by atoms with E-state index in [2.05, 4.69) is 26.0 Å². The molecule has 0 saturated carbocycles. The first-order valence-corrected chi connectivity index (χ1v) is 5.44. The zero-order valence-electron chi connectivity index (χ0n) is 10.2. The summed E-state index contributed by atoms with van der Waals surface area (Å²) in [5, 5.41) is 8.81. The Morgan fingerprint density at radius 1 is 1.38 bits per heavy atom. The van der Waals surface area contributed by atoms with Crippen molar-refractivity contribution in [2.24, 2.45) is 0 Å². The number of hydrogen-bond acceptors (Lipinski definition) is 1. The highest BCUT2D eigenvalue weighted by Gasteiger charge is 2.04. The number of hydrogen-bond donors (Lipinski definition) is 1. The minimum atomic E-state index is -0.868. The average Bonchev–Trinajstić information content (AvgIpc) is 2.20. The summed E-state index contributed by atoms with van der Waals surface area (Å²) in [5.41, 5.74) is 3.74. The van der Waals surface area contributed by atoms with Gasteiger partial charge < -0.3 is 5.11 Å². The minimum Gasteiger partial charge on any atom is -0.478 e. The van der Waals surface area contributed by atoms with E-state index < -0.39 is 5.97 Å². The van der Waals surface area contributed by atoms with Crippen molar-refractivity contribution in [2.45, 2.75) is 33.6 Å². The SMILES string of the molecule is C/C(=C\c1ccc(C(C)C)cc1C)C(=O)O. The molecule has 0 aliphatic rings. The second-order valence-electron chi connectivity index (χ2n) is 4.40. The Morgan fingerprint density at radius 3 is 2.44 bits per heavy atom. The second-order valence-corrected chi connectivity index (χ2v) is 4.40. The zero-order chi connectivity index (χ0) is 12.3. The molecule has 0 aliphatic carbocycles. The molecule has 0 atom stereocenters. The molecule has 0 radical (unpaired) electrons. The first kappa shape index (κ1) is 12.5. The van der Waals surface area contributed by atoms with Gasteiger partial charge in [-0.25, -0.2) is 4.79 Å². The van der Waals surface area contributed by atoms with Gasteiger partial charge in [0.05, 0.1) is 0 Å². The molecule has 2 heteroatoms. The van der Waals surface area contributed by atoms with Crippen LogP contribution in [0, 0.1) is 6.92 Å². The van der Waals surface area contributed by atoms with Crippen molar-refractivity contribution < 1.29 is 9.90 Å². The van der Waals surface area contributed by atoms with Crippen LogP contribution in [0.1, 0.15) is 43.4 Å². The van der Waals surface area contributed by atoms with E-state index in [-0.39, 0.29) is 0 Å². The van der Waals surface area contributed by atoms with Gasteiger partial charge >= 0.3 is 5.97 Å². The van der Waals surface area contributed by atoms with Gasteiger partial charge in [-0.05, 0) is 42.5 Å². The fourth-order valence-electron chi connectivity index (χ4n) is 1.51. The highest BCUT2D eigenvalue weighted by molar-refractivity contribution is 5.91. The van der Waals surface area contributed by atoms with Crippen molar-refractivity contribution in [2.75, 3.05) is 0 Å². The van der Waals surface area contributed by atoms with Crippen LogP contribution in [0.25, 0.3) is 6.08 Å². The van der Waals surface area contributed by atoms with E-state index in [1.165, 1.54) is 5.56 Å². The number of aryl methyl sites for hydroxylation is 1. The predicted molar refractivity (Wildman–Crippen MR) is 66.6 cm³/mol. The third kappa shape index (κ3) is 2.96. The summed E-state index contributed by atoms with van der Waals surface area (Å²) in [6, 6.07) is 6.15. The van der Waals surface area contributed by atoms with Crippen molar-refractivity contribution in [3.05, 3.63) is 40.5 Å². The first-order chi connectivity index (χ1) is 7.41. The van der Waals surface area contributed by atoms with E-state index in [0.29, 0.717) is 11.5 Å². The van der Waals surface area contributed by atoms with Crippen LogP contribution < -0.4 is 0 Å². The lowest BCUT2D eigenvalue weighted by molar-refractivity contribution is -0.132. The van der Waals surface area contributed by atoms with Gasteiger partial charge in [0.25, 0.3) is 0 Å². The van der Waals surface area contributed by atoms with Gasteiger partial charge in [-0.1, -0.05) is 32.0 Å². The lowest BCUT2D eigenvalue weighted by Crippen LogP contribution is -1.96. The lowest BCUT2D eigenvalue weighted by atomic mass is 9.97. The predicted octanol–water partition coefficient (Wildman–Crippen LogP) is 3.61. The second kappa shape index (κ2) is 4.97. The quantitative estimate of drug-likeness (QED) is 0.787. The monoisotopic (exact) mass is 218 g/mol. The molecule has 0 aliphatic heterocycles. The number of rotatable bonds is 3. The molecule has 86 valence electrons. The van der Waals surface area contributed by atoms with Crippen LogP contribution in [0.3, 0.4) is 0 Å². The van der Waals surface area contributed by atoms with Crippen LogP contribution >= 0.6 is 0 Å². The third-order valence-corrected chi connectivity index (χ3v) is 2.67. The molecule has 0 spiro atoms. The largest absolute Gasteiger partial charge is 0.478 e. The maximum atomic E-state index is 10.7. The molecule has 1 rings (SSSR count).